The number of hydrogen-bond acceptors (Lipinski definition) is 9. The van der Waals surface area contributed by atoms with Crippen LogP contribution >= 0.6 is 0 Å². The van der Waals surface area contributed by atoms with Crippen molar-refractivity contribution in [1.82, 2.24) is 0 Å². The predicted octanol–water partition coefficient (Wildman–Crippen LogP) is 4.07. The van der Waals surface area contributed by atoms with Crippen LogP contribution < -0.4 is 0 Å². The van der Waals surface area contributed by atoms with Gasteiger partial charge in [-0.25, -0.2) is 14.4 Å². The molecule has 2 aliphatic carbocycles. The van der Waals surface area contributed by atoms with Crippen molar-refractivity contribution >= 4 is 35.3 Å². The molecule has 1 atom stereocenters. The van der Waals surface area contributed by atoms with Gasteiger partial charge in [0.1, 0.15) is 11.6 Å². The lowest BCUT2D eigenvalue weighted by molar-refractivity contribution is -0.167. The van der Waals surface area contributed by atoms with E-state index in [0.29, 0.717) is 18.6 Å². The molecule has 2 rings (SSSR count). The molecule has 0 N–H and O–H groups in total. The van der Waals surface area contributed by atoms with E-state index in [1.807, 2.05) is 0 Å². The first-order valence-corrected chi connectivity index (χ1v) is 12.9. The van der Waals surface area contributed by atoms with Crippen LogP contribution in [0.2, 0.25) is 0 Å². The molecule has 0 aromatic rings. The quantitative estimate of drug-likeness (QED) is 0.238. The number of hydrogen-bond donors (Lipinski definition) is 0. The first-order chi connectivity index (χ1) is 16.8. The SMILES string of the molecule is CCOC(=O)C(=O)C1CCCCCCC1=O.CCOC(=O)C(=O)OCC.O=C1CCCCCCC1. The summed E-state index contributed by atoms with van der Waals surface area (Å²) >= 11 is 0. The van der Waals surface area contributed by atoms with Gasteiger partial charge >= 0.3 is 17.9 Å². The highest BCUT2D eigenvalue weighted by Crippen LogP contribution is 2.20. The number of rotatable bonds is 5. The molecule has 0 aromatic carbocycles. The second-order valence-electron chi connectivity index (χ2n) is 8.30. The predicted molar refractivity (Wildman–Crippen MR) is 128 cm³/mol. The molecule has 0 bridgehead atoms. The van der Waals surface area contributed by atoms with Crippen LogP contribution in [-0.2, 0) is 43.0 Å². The summed E-state index contributed by atoms with van der Waals surface area (Å²) in [5, 5.41) is 0. The third-order valence-electron chi connectivity index (χ3n) is 5.48. The van der Waals surface area contributed by atoms with Crippen molar-refractivity contribution < 1.29 is 43.0 Å². The third kappa shape index (κ3) is 15.9. The Morgan fingerprint density at radius 2 is 1.00 bits per heavy atom. The third-order valence-corrected chi connectivity index (χ3v) is 5.48. The molecule has 0 spiro atoms. The van der Waals surface area contributed by atoms with E-state index < -0.39 is 29.6 Å². The van der Waals surface area contributed by atoms with Gasteiger partial charge in [-0.1, -0.05) is 38.5 Å². The highest BCUT2D eigenvalue weighted by Gasteiger charge is 2.32. The van der Waals surface area contributed by atoms with Crippen LogP contribution in [-0.4, -0.2) is 55.1 Å². The molecule has 9 heteroatoms. The molecular formula is C26H42O9. The van der Waals surface area contributed by atoms with Crippen LogP contribution in [0.5, 0.6) is 0 Å². The van der Waals surface area contributed by atoms with E-state index in [-0.39, 0.29) is 25.6 Å². The van der Waals surface area contributed by atoms with E-state index in [1.54, 1.807) is 20.8 Å². The Morgan fingerprint density at radius 3 is 1.49 bits per heavy atom. The number of carbonyl (C=O) groups excluding carboxylic acids is 6. The van der Waals surface area contributed by atoms with Gasteiger partial charge in [0.15, 0.2) is 0 Å². The van der Waals surface area contributed by atoms with E-state index in [4.69, 9.17) is 0 Å². The van der Waals surface area contributed by atoms with Gasteiger partial charge in [-0.05, 0) is 46.5 Å². The van der Waals surface area contributed by atoms with Crippen molar-refractivity contribution in [1.29, 1.82) is 0 Å². The highest BCUT2D eigenvalue weighted by atomic mass is 16.6. The van der Waals surface area contributed by atoms with E-state index in [0.717, 1.165) is 51.4 Å². The standard InChI is InChI=1S/C12H18O4.C8H14O.C6H10O4/c1-2-16-12(15)11(14)9-7-5-3-4-6-8-10(9)13;9-8-6-4-2-1-3-5-7-8;1-3-9-5(7)6(8)10-4-2/h9H,2-8H2,1H3;1-7H2;3-4H2,1-2H3. The Balaban J connectivity index is 0.000000526. The van der Waals surface area contributed by atoms with E-state index in [1.165, 1.54) is 19.3 Å². The van der Waals surface area contributed by atoms with Crippen molar-refractivity contribution in [2.24, 2.45) is 5.92 Å². The maximum Gasteiger partial charge on any atom is 0.417 e. The fraction of sp³-hybridized carbons (Fsp3) is 0.769. The Hall–Kier alpha value is -2.58. The molecule has 1 unspecified atom stereocenters. The maximum atomic E-state index is 11.7. The molecule has 0 heterocycles. The molecule has 200 valence electrons. The fourth-order valence-corrected chi connectivity index (χ4v) is 3.64. The first-order valence-electron chi connectivity index (χ1n) is 12.9. The fourth-order valence-electron chi connectivity index (χ4n) is 3.64. The van der Waals surface area contributed by atoms with Crippen molar-refractivity contribution in [3.05, 3.63) is 0 Å². The lowest BCUT2D eigenvalue weighted by Gasteiger charge is -2.16. The molecule has 2 fully saturated rings. The Bertz CT molecular complexity index is 658. The largest absolute Gasteiger partial charge is 0.460 e. The summed E-state index contributed by atoms with van der Waals surface area (Å²) in [6, 6.07) is 0. The van der Waals surface area contributed by atoms with Crippen LogP contribution in [0.15, 0.2) is 0 Å². The molecule has 0 aliphatic heterocycles. The monoisotopic (exact) mass is 498 g/mol. The maximum absolute atomic E-state index is 11.7. The van der Waals surface area contributed by atoms with Crippen LogP contribution in [0, 0.1) is 5.92 Å². The molecule has 2 saturated carbocycles. The van der Waals surface area contributed by atoms with E-state index in [9.17, 15) is 28.8 Å². The van der Waals surface area contributed by atoms with Crippen molar-refractivity contribution in [3.63, 3.8) is 0 Å². The Kier molecular flexibility index (Phi) is 19.2. The zero-order valence-electron chi connectivity index (χ0n) is 21.6. The molecule has 9 nitrogen and oxygen atoms in total. The van der Waals surface area contributed by atoms with Gasteiger partial charge < -0.3 is 14.2 Å². The summed E-state index contributed by atoms with van der Waals surface area (Å²) in [5.41, 5.74) is 0. The number of carbonyl (C=O) groups is 6. The molecule has 0 amide bonds. The number of esters is 3. The molecule has 0 saturated heterocycles. The topological polar surface area (TPSA) is 130 Å². The van der Waals surface area contributed by atoms with Gasteiger partial charge in [-0.3, -0.25) is 14.4 Å². The van der Waals surface area contributed by atoms with Crippen LogP contribution in [0.4, 0.5) is 0 Å². The number of ketones is 3. The average Bonchev–Trinajstić information content (AvgIpc) is 2.80. The van der Waals surface area contributed by atoms with Crippen LogP contribution in [0.3, 0.4) is 0 Å². The minimum atomic E-state index is -0.927. The van der Waals surface area contributed by atoms with Gasteiger partial charge in [-0.15, -0.1) is 0 Å². The van der Waals surface area contributed by atoms with Crippen molar-refractivity contribution in [2.75, 3.05) is 19.8 Å². The summed E-state index contributed by atoms with van der Waals surface area (Å²) in [6.45, 7) is 5.44. The summed E-state index contributed by atoms with van der Waals surface area (Å²) < 4.78 is 13.3. The minimum absolute atomic E-state index is 0.0993. The average molecular weight is 499 g/mol. The van der Waals surface area contributed by atoms with Crippen LogP contribution in [0.25, 0.3) is 0 Å². The van der Waals surface area contributed by atoms with E-state index in [2.05, 4.69) is 14.2 Å². The lowest BCUT2D eigenvalue weighted by atomic mass is 9.87. The molecule has 0 aromatic heterocycles. The van der Waals surface area contributed by atoms with Gasteiger partial charge in [0.25, 0.3) is 0 Å². The van der Waals surface area contributed by atoms with Gasteiger partial charge in [0, 0.05) is 19.3 Å². The van der Waals surface area contributed by atoms with Gasteiger partial charge in [0.05, 0.1) is 25.7 Å². The second-order valence-corrected chi connectivity index (χ2v) is 8.30. The normalized spacial score (nSPS) is 18.4. The second kappa shape index (κ2) is 20.8. The summed E-state index contributed by atoms with van der Waals surface area (Å²) in [5.74, 6) is -3.74. The number of ether oxygens (including phenoxy) is 3. The zero-order valence-corrected chi connectivity index (χ0v) is 21.6. The van der Waals surface area contributed by atoms with Gasteiger partial charge in [0.2, 0.25) is 5.78 Å². The van der Waals surface area contributed by atoms with E-state index >= 15 is 0 Å². The zero-order chi connectivity index (χ0) is 26.5. The Labute approximate surface area is 208 Å². The molecule has 2 aliphatic rings. The summed E-state index contributed by atoms with van der Waals surface area (Å²) in [7, 11) is 0. The Morgan fingerprint density at radius 1 is 0.600 bits per heavy atom. The smallest absolute Gasteiger partial charge is 0.417 e. The summed E-state index contributed by atoms with van der Waals surface area (Å²) in [4.78, 5) is 66.3. The highest BCUT2D eigenvalue weighted by molar-refractivity contribution is 6.38. The molecule has 0 radical (unpaired) electrons. The summed E-state index contributed by atoms with van der Waals surface area (Å²) in [6.07, 6.45) is 12.5. The van der Waals surface area contributed by atoms with Crippen LogP contribution in [0.1, 0.15) is 104 Å². The molecule has 35 heavy (non-hydrogen) atoms. The van der Waals surface area contributed by atoms with Crippen molar-refractivity contribution in [3.8, 4) is 0 Å². The van der Waals surface area contributed by atoms with Crippen molar-refractivity contribution in [2.45, 2.75) is 104 Å². The van der Waals surface area contributed by atoms with Gasteiger partial charge in [-0.2, -0.15) is 0 Å². The lowest BCUT2D eigenvalue weighted by Crippen LogP contribution is -2.32. The first kappa shape index (κ1) is 32.4. The number of Topliss-reactive ketones (excluding diaryl/α,β-unsaturated/α-hetero) is 3. The minimum Gasteiger partial charge on any atom is -0.460 e. The molecular weight excluding hydrogens is 456 g/mol.